The second kappa shape index (κ2) is 6.11. The van der Waals surface area contributed by atoms with Crippen LogP contribution in [0.5, 0.6) is 0 Å². The lowest BCUT2D eigenvalue weighted by molar-refractivity contribution is 0.247. The number of nitrogens with zero attached hydrogens (tertiary/aromatic N) is 2. The van der Waals surface area contributed by atoms with Crippen molar-refractivity contribution in [3.63, 3.8) is 0 Å². The van der Waals surface area contributed by atoms with Crippen molar-refractivity contribution in [1.29, 1.82) is 0 Å². The van der Waals surface area contributed by atoms with E-state index in [0.29, 0.717) is 11.2 Å². The minimum Gasteiger partial charge on any atom is -0.360 e. The third kappa shape index (κ3) is 3.92. The summed E-state index contributed by atoms with van der Waals surface area (Å²) in [7, 11) is 2.16. The Morgan fingerprint density at radius 1 is 1.44 bits per heavy atom. The summed E-state index contributed by atoms with van der Waals surface area (Å²) in [5, 5.41) is 7.17. The van der Waals surface area contributed by atoms with E-state index in [4.69, 9.17) is 12.2 Å². The minimum absolute atomic E-state index is 0.478. The van der Waals surface area contributed by atoms with Gasteiger partial charge in [-0.25, -0.2) is 4.98 Å². The van der Waals surface area contributed by atoms with Crippen LogP contribution in [0.1, 0.15) is 18.4 Å². The molecule has 0 aromatic carbocycles. The first-order valence-corrected chi connectivity index (χ1v) is 6.73. The van der Waals surface area contributed by atoms with Crippen molar-refractivity contribution in [1.82, 2.24) is 15.2 Å². The molecule has 0 atom stereocenters. The molecule has 1 aromatic heterocycles. The van der Waals surface area contributed by atoms with E-state index in [1.54, 1.807) is 6.20 Å². The van der Waals surface area contributed by atoms with Crippen LogP contribution in [-0.2, 0) is 0 Å². The summed E-state index contributed by atoms with van der Waals surface area (Å²) in [6, 6.07) is 4.44. The molecule has 2 N–H and O–H groups in total. The molecule has 0 unspecified atom stereocenters. The highest BCUT2D eigenvalue weighted by Gasteiger charge is 2.17. The number of aromatic nitrogens is 1. The van der Waals surface area contributed by atoms with Gasteiger partial charge in [-0.1, -0.05) is 0 Å². The number of aryl methyl sites for hydroxylation is 1. The molecule has 1 aliphatic heterocycles. The molecule has 0 bridgehead atoms. The van der Waals surface area contributed by atoms with E-state index >= 15 is 0 Å². The summed E-state index contributed by atoms with van der Waals surface area (Å²) in [6.45, 7) is 4.30. The number of rotatable bonds is 2. The number of thiocarbonyl (C=S) groups is 1. The van der Waals surface area contributed by atoms with Crippen LogP contribution in [0, 0.1) is 6.92 Å². The monoisotopic (exact) mass is 264 g/mol. The van der Waals surface area contributed by atoms with Crippen molar-refractivity contribution < 1.29 is 0 Å². The van der Waals surface area contributed by atoms with Gasteiger partial charge in [-0.05, 0) is 69.8 Å². The van der Waals surface area contributed by atoms with Crippen LogP contribution in [0.15, 0.2) is 18.3 Å². The maximum absolute atomic E-state index is 5.31. The smallest absolute Gasteiger partial charge is 0.172 e. The van der Waals surface area contributed by atoms with Gasteiger partial charge in [0.1, 0.15) is 5.82 Å². The number of anilines is 1. The molecule has 98 valence electrons. The molecule has 4 nitrogen and oxygen atoms in total. The molecule has 0 saturated carbocycles. The molecule has 1 aromatic rings. The minimum atomic E-state index is 0.478. The lowest BCUT2D eigenvalue weighted by Gasteiger charge is -2.30. The van der Waals surface area contributed by atoms with Gasteiger partial charge in [0.2, 0.25) is 0 Å². The summed E-state index contributed by atoms with van der Waals surface area (Å²) in [5.41, 5.74) is 1.18. The molecular formula is C13H20N4S. The van der Waals surface area contributed by atoms with E-state index in [0.717, 1.165) is 31.7 Å². The van der Waals surface area contributed by atoms with Gasteiger partial charge in [-0.2, -0.15) is 0 Å². The van der Waals surface area contributed by atoms with Crippen LogP contribution in [0.3, 0.4) is 0 Å². The predicted molar refractivity (Wildman–Crippen MR) is 78.8 cm³/mol. The molecule has 1 saturated heterocycles. The fourth-order valence-electron chi connectivity index (χ4n) is 2.10. The largest absolute Gasteiger partial charge is 0.360 e. The summed E-state index contributed by atoms with van der Waals surface area (Å²) in [5.74, 6) is 0.806. The van der Waals surface area contributed by atoms with Crippen LogP contribution < -0.4 is 10.6 Å². The van der Waals surface area contributed by atoms with E-state index in [-0.39, 0.29) is 0 Å². The van der Waals surface area contributed by atoms with Gasteiger partial charge in [-0.3, -0.25) is 0 Å². The number of pyridine rings is 1. The van der Waals surface area contributed by atoms with Crippen LogP contribution in [0.25, 0.3) is 0 Å². The average molecular weight is 264 g/mol. The van der Waals surface area contributed by atoms with Crippen molar-refractivity contribution in [3.8, 4) is 0 Å². The van der Waals surface area contributed by atoms with Crippen LogP contribution in [0.2, 0.25) is 0 Å². The quantitative estimate of drug-likeness (QED) is 0.797. The molecular weight excluding hydrogens is 244 g/mol. The van der Waals surface area contributed by atoms with Crippen molar-refractivity contribution in [2.24, 2.45) is 0 Å². The van der Waals surface area contributed by atoms with Crippen LogP contribution in [0.4, 0.5) is 5.82 Å². The zero-order valence-corrected chi connectivity index (χ0v) is 11.8. The Bertz CT molecular complexity index is 413. The Balaban J connectivity index is 1.82. The highest BCUT2D eigenvalue weighted by Crippen LogP contribution is 2.09. The maximum Gasteiger partial charge on any atom is 0.172 e. The lowest BCUT2D eigenvalue weighted by atomic mass is 10.1. The van der Waals surface area contributed by atoms with Crippen LogP contribution in [-0.4, -0.2) is 41.2 Å². The van der Waals surface area contributed by atoms with Gasteiger partial charge in [0, 0.05) is 12.2 Å². The SMILES string of the molecule is Cc1ccnc(NC(=S)NC2CCN(C)CC2)c1. The lowest BCUT2D eigenvalue weighted by Crippen LogP contribution is -2.44. The number of nitrogens with one attached hydrogen (secondary N) is 2. The summed E-state index contributed by atoms with van der Waals surface area (Å²) in [6.07, 6.45) is 4.06. The third-order valence-electron chi connectivity index (χ3n) is 3.21. The Morgan fingerprint density at radius 2 is 2.17 bits per heavy atom. The summed E-state index contributed by atoms with van der Waals surface area (Å²) >= 11 is 5.31. The highest BCUT2D eigenvalue weighted by atomic mass is 32.1. The molecule has 1 fully saturated rings. The van der Waals surface area contributed by atoms with Crippen molar-refractivity contribution in [2.45, 2.75) is 25.8 Å². The van der Waals surface area contributed by atoms with Gasteiger partial charge in [0.25, 0.3) is 0 Å². The Kier molecular flexibility index (Phi) is 4.49. The first-order chi connectivity index (χ1) is 8.63. The van der Waals surface area contributed by atoms with Crippen molar-refractivity contribution in [2.75, 3.05) is 25.5 Å². The fourth-order valence-corrected chi connectivity index (χ4v) is 2.37. The van der Waals surface area contributed by atoms with E-state index in [1.165, 1.54) is 5.56 Å². The Labute approximate surface area is 114 Å². The third-order valence-corrected chi connectivity index (χ3v) is 3.43. The van der Waals surface area contributed by atoms with Gasteiger partial charge < -0.3 is 15.5 Å². The molecule has 2 heterocycles. The number of hydrogen-bond donors (Lipinski definition) is 2. The predicted octanol–water partition coefficient (Wildman–Crippen LogP) is 1.77. The van der Waals surface area contributed by atoms with E-state index in [2.05, 4.69) is 27.6 Å². The van der Waals surface area contributed by atoms with Crippen molar-refractivity contribution in [3.05, 3.63) is 23.9 Å². The van der Waals surface area contributed by atoms with Crippen LogP contribution >= 0.6 is 12.2 Å². The molecule has 18 heavy (non-hydrogen) atoms. The Morgan fingerprint density at radius 3 is 2.83 bits per heavy atom. The second-order valence-electron chi connectivity index (χ2n) is 4.89. The zero-order chi connectivity index (χ0) is 13.0. The first kappa shape index (κ1) is 13.2. The maximum atomic E-state index is 5.31. The first-order valence-electron chi connectivity index (χ1n) is 6.32. The second-order valence-corrected chi connectivity index (χ2v) is 5.30. The van der Waals surface area contributed by atoms with Gasteiger partial charge in [-0.15, -0.1) is 0 Å². The molecule has 0 radical (unpaired) electrons. The van der Waals surface area contributed by atoms with E-state index in [9.17, 15) is 0 Å². The summed E-state index contributed by atoms with van der Waals surface area (Å²) < 4.78 is 0. The van der Waals surface area contributed by atoms with E-state index in [1.807, 2.05) is 19.1 Å². The zero-order valence-electron chi connectivity index (χ0n) is 10.9. The topological polar surface area (TPSA) is 40.2 Å². The Hall–Kier alpha value is -1.20. The normalized spacial score (nSPS) is 17.4. The van der Waals surface area contributed by atoms with Gasteiger partial charge in [0.15, 0.2) is 5.11 Å². The molecule has 2 rings (SSSR count). The van der Waals surface area contributed by atoms with Gasteiger partial charge in [0.05, 0.1) is 0 Å². The molecule has 1 aliphatic rings. The molecule has 0 spiro atoms. The number of likely N-dealkylation sites (tertiary alicyclic amines) is 1. The summed E-state index contributed by atoms with van der Waals surface area (Å²) in [4.78, 5) is 6.58. The molecule has 0 aliphatic carbocycles. The molecule has 5 heteroatoms. The number of hydrogen-bond acceptors (Lipinski definition) is 3. The standard InChI is InChI=1S/C13H20N4S/c1-10-3-6-14-12(9-10)16-13(18)15-11-4-7-17(2)8-5-11/h3,6,9,11H,4-5,7-8H2,1-2H3,(H2,14,15,16,18). The van der Waals surface area contributed by atoms with E-state index < -0.39 is 0 Å². The number of piperidine rings is 1. The van der Waals surface area contributed by atoms with Gasteiger partial charge >= 0.3 is 0 Å². The highest BCUT2D eigenvalue weighted by molar-refractivity contribution is 7.80. The van der Waals surface area contributed by atoms with Crippen molar-refractivity contribution >= 4 is 23.1 Å². The molecule has 0 amide bonds. The fraction of sp³-hybridized carbons (Fsp3) is 0.538. The average Bonchev–Trinajstić information content (AvgIpc) is 2.32.